The van der Waals surface area contributed by atoms with Gasteiger partial charge in [-0.3, -0.25) is 14.4 Å². The number of aryl methyl sites for hydroxylation is 1. The van der Waals surface area contributed by atoms with Crippen LogP contribution in [0.5, 0.6) is 0 Å². The smallest absolute Gasteiger partial charge is 0.272 e. The number of fused-ring (bicyclic) bond motifs is 1. The van der Waals surface area contributed by atoms with Gasteiger partial charge in [0.15, 0.2) is 5.13 Å². The number of carbonyl (C=O) groups excluding carboxylic acids is 3. The number of aromatic nitrogens is 1. The Labute approximate surface area is 287 Å². The molecule has 3 amide bonds. The van der Waals surface area contributed by atoms with Gasteiger partial charge in [-0.15, -0.1) is 23.1 Å². The van der Waals surface area contributed by atoms with Gasteiger partial charge in [-0.05, 0) is 66.6 Å². The van der Waals surface area contributed by atoms with Crippen LogP contribution in [0.1, 0.15) is 27.7 Å². The molecule has 0 aliphatic carbocycles. The van der Waals surface area contributed by atoms with Gasteiger partial charge >= 0.3 is 0 Å². The molecule has 9 heteroatoms. The molecule has 6 rings (SSSR count). The van der Waals surface area contributed by atoms with Gasteiger partial charge in [0, 0.05) is 26.6 Å². The number of thiazole rings is 1. The van der Waals surface area contributed by atoms with E-state index >= 15 is 0 Å². The second-order valence-electron chi connectivity index (χ2n) is 11.0. The highest BCUT2D eigenvalue weighted by Crippen LogP contribution is 2.32. The van der Waals surface area contributed by atoms with E-state index in [9.17, 15) is 14.4 Å². The highest BCUT2D eigenvalue weighted by molar-refractivity contribution is 8.00. The number of nitrogens with one attached hydrogen (secondary N) is 3. The number of benzene rings is 5. The van der Waals surface area contributed by atoms with E-state index in [1.807, 2.05) is 111 Å². The normalized spacial score (nSPS) is 11.9. The molecule has 1 heterocycles. The molecule has 0 radical (unpaired) electrons. The van der Waals surface area contributed by atoms with Gasteiger partial charge in [-0.25, -0.2) is 4.98 Å². The lowest BCUT2D eigenvalue weighted by Gasteiger charge is -2.14. The Bertz CT molecular complexity index is 2120. The van der Waals surface area contributed by atoms with Crippen LogP contribution in [0.2, 0.25) is 0 Å². The molecule has 0 saturated carbocycles. The first-order valence-corrected chi connectivity index (χ1v) is 17.0. The number of hydrogen-bond acceptors (Lipinski definition) is 6. The highest BCUT2D eigenvalue weighted by atomic mass is 32.2. The second-order valence-corrected chi connectivity index (χ2v) is 13.6. The molecule has 1 atom stereocenters. The molecule has 1 unspecified atom stereocenters. The van der Waals surface area contributed by atoms with Crippen molar-refractivity contribution in [1.82, 2.24) is 10.3 Å². The Kier molecular flexibility index (Phi) is 10.1. The lowest BCUT2D eigenvalue weighted by atomic mass is 10.0. The molecule has 48 heavy (non-hydrogen) atoms. The monoisotopic (exact) mass is 668 g/mol. The van der Waals surface area contributed by atoms with Gasteiger partial charge in [0.1, 0.15) is 5.70 Å². The maximum absolute atomic E-state index is 13.7. The number of anilines is 2. The number of rotatable bonds is 10. The van der Waals surface area contributed by atoms with Crippen LogP contribution in [0, 0.1) is 6.92 Å². The van der Waals surface area contributed by atoms with E-state index < -0.39 is 17.1 Å². The van der Waals surface area contributed by atoms with Crippen molar-refractivity contribution in [3.63, 3.8) is 0 Å². The molecule has 1 aromatic heterocycles. The first kappa shape index (κ1) is 32.4. The largest absolute Gasteiger partial charge is 0.321 e. The predicted molar refractivity (Wildman–Crippen MR) is 197 cm³/mol. The fourth-order valence-electron chi connectivity index (χ4n) is 5.10. The van der Waals surface area contributed by atoms with Crippen LogP contribution in [0.3, 0.4) is 0 Å². The number of nitrogens with zero attached hydrogens (tertiary/aromatic N) is 1. The zero-order chi connectivity index (χ0) is 33.5. The zero-order valence-corrected chi connectivity index (χ0v) is 27.9. The summed E-state index contributed by atoms with van der Waals surface area (Å²) < 4.78 is 0. The fourth-order valence-corrected chi connectivity index (χ4v) is 6.86. The molecular weight excluding hydrogens is 637 g/mol. The molecule has 0 aliphatic rings. The first-order chi connectivity index (χ1) is 23.3. The Morgan fingerprint density at radius 2 is 1.48 bits per heavy atom. The molecule has 0 bridgehead atoms. The number of thioether (sulfide) groups is 1. The summed E-state index contributed by atoms with van der Waals surface area (Å²) >= 11 is 2.81. The molecule has 0 saturated heterocycles. The van der Waals surface area contributed by atoms with Gasteiger partial charge in [-0.1, -0.05) is 97.1 Å². The van der Waals surface area contributed by atoms with Crippen LogP contribution in [0.15, 0.2) is 138 Å². The van der Waals surface area contributed by atoms with E-state index in [0.29, 0.717) is 16.4 Å². The topological polar surface area (TPSA) is 100 Å². The van der Waals surface area contributed by atoms with E-state index in [-0.39, 0.29) is 11.6 Å². The lowest BCUT2D eigenvalue weighted by molar-refractivity contribution is -0.115. The second kappa shape index (κ2) is 14.9. The predicted octanol–water partition coefficient (Wildman–Crippen LogP) is 8.80. The molecule has 0 aliphatic heterocycles. The van der Waals surface area contributed by atoms with Crippen LogP contribution in [-0.2, 0) is 9.59 Å². The summed E-state index contributed by atoms with van der Waals surface area (Å²) in [5, 5.41) is 10.8. The van der Waals surface area contributed by atoms with Crippen molar-refractivity contribution in [3.05, 3.63) is 149 Å². The van der Waals surface area contributed by atoms with Crippen molar-refractivity contribution >= 4 is 68.5 Å². The number of hydrogen-bond donors (Lipinski definition) is 3. The Hall–Kier alpha value is -5.51. The highest BCUT2D eigenvalue weighted by Gasteiger charge is 2.19. The van der Waals surface area contributed by atoms with Gasteiger partial charge in [0.2, 0.25) is 5.91 Å². The zero-order valence-electron chi connectivity index (χ0n) is 26.3. The van der Waals surface area contributed by atoms with Crippen molar-refractivity contribution < 1.29 is 14.4 Å². The Morgan fingerprint density at radius 3 is 2.27 bits per heavy atom. The molecule has 5 aromatic carbocycles. The van der Waals surface area contributed by atoms with E-state index in [1.54, 1.807) is 36.4 Å². The van der Waals surface area contributed by atoms with Gasteiger partial charge in [0.25, 0.3) is 11.8 Å². The van der Waals surface area contributed by atoms with Crippen LogP contribution in [-0.4, -0.2) is 28.0 Å². The molecule has 238 valence electrons. The van der Waals surface area contributed by atoms with Crippen molar-refractivity contribution in [3.8, 4) is 11.3 Å². The number of carbonyl (C=O) groups is 3. The molecule has 3 N–H and O–H groups in total. The van der Waals surface area contributed by atoms with Gasteiger partial charge in [-0.2, -0.15) is 0 Å². The third-order valence-corrected chi connectivity index (χ3v) is 9.48. The summed E-state index contributed by atoms with van der Waals surface area (Å²) in [4.78, 5) is 46.5. The molecule has 6 aromatic rings. The minimum atomic E-state index is -0.478. The average molecular weight is 669 g/mol. The summed E-state index contributed by atoms with van der Waals surface area (Å²) in [5.74, 6) is -1.05. The van der Waals surface area contributed by atoms with Crippen molar-refractivity contribution in [1.29, 1.82) is 0 Å². The third-order valence-electron chi connectivity index (χ3n) is 7.50. The summed E-state index contributed by atoms with van der Waals surface area (Å²) in [6, 6.07) is 39.6. The minimum absolute atomic E-state index is 0.0969. The minimum Gasteiger partial charge on any atom is -0.321 e. The summed E-state index contributed by atoms with van der Waals surface area (Å²) in [5.41, 5.74) is 3.71. The van der Waals surface area contributed by atoms with Crippen LogP contribution in [0.4, 0.5) is 10.8 Å². The Morgan fingerprint density at radius 1 is 0.792 bits per heavy atom. The lowest BCUT2D eigenvalue weighted by Crippen LogP contribution is -2.30. The molecule has 0 fully saturated rings. The van der Waals surface area contributed by atoms with E-state index in [2.05, 4.69) is 20.9 Å². The van der Waals surface area contributed by atoms with Crippen molar-refractivity contribution in [2.24, 2.45) is 0 Å². The van der Waals surface area contributed by atoms with E-state index in [1.165, 1.54) is 23.1 Å². The molecule has 0 spiro atoms. The van der Waals surface area contributed by atoms with Crippen molar-refractivity contribution in [2.75, 3.05) is 10.6 Å². The maximum atomic E-state index is 13.7. The number of amides is 3. The standard InChI is InChI=1S/C39H32N4O3S2/c1-25-35(28-14-5-3-6-15-28)42-39(48-25)43-36(44)26(2)47-32-21-12-20-31(24-32)40-38(46)34(41-37(45)29-16-7-4-8-17-29)23-30-19-11-18-27-13-9-10-22-33(27)30/h3-24,26H,1-2H3,(H,40,46)(H,41,45)(H,42,43,44)/b34-23+. The quantitative estimate of drug-likeness (QED) is 0.100. The third kappa shape index (κ3) is 7.88. The molecular formula is C39H32N4O3S2. The summed E-state index contributed by atoms with van der Waals surface area (Å²) in [7, 11) is 0. The van der Waals surface area contributed by atoms with Crippen LogP contribution >= 0.6 is 23.1 Å². The molecule has 7 nitrogen and oxygen atoms in total. The fraction of sp³-hybridized carbons (Fsp3) is 0.0769. The van der Waals surface area contributed by atoms with Crippen molar-refractivity contribution in [2.45, 2.75) is 24.0 Å². The van der Waals surface area contributed by atoms with E-state index in [4.69, 9.17) is 0 Å². The SMILES string of the molecule is Cc1sc(NC(=O)C(C)Sc2cccc(NC(=O)/C(=C\c3cccc4ccccc34)NC(=O)c3ccccc3)c2)nc1-c1ccccc1. The van der Waals surface area contributed by atoms with Crippen LogP contribution < -0.4 is 16.0 Å². The van der Waals surface area contributed by atoms with Gasteiger partial charge < -0.3 is 16.0 Å². The average Bonchev–Trinajstić information content (AvgIpc) is 3.48. The summed E-state index contributed by atoms with van der Waals surface area (Å²) in [6.45, 7) is 3.82. The van der Waals surface area contributed by atoms with E-state index in [0.717, 1.165) is 37.4 Å². The van der Waals surface area contributed by atoms with Gasteiger partial charge in [0.05, 0.1) is 10.9 Å². The first-order valence-electron chi connectivity index (χ1n) is 15.3. The Balaban J connectivity index is 1.17. The summed E-state index contributed by atoms with van der Waals surface area (Å²) in [6.07, 6.45) is 1.69. The maximum Gasteiger partial charge on any atom is 0.272 e. The van der Waals surface area contributed by atoms with Crippen LogP contribution in [0.25, 0.3) is 28.1 Å².